The predicted octanol–water partition coefficient (Wildman–Crippen LogP) is 6.88. The van der Waals surface area contributed by atoms with Crippen LogP contribution in [0, 0.1) is 0 Å². The van der Waals surface area contributed by atoms with Crippen LogP contribution in [0.4, 0.5) is 0 Å². The highest BCUT2D eigenvalue weighted by Crippen LogP contribution is 2.43. The van der Waals surface area contributed by atoms with Gasteiger partial charge in [-0.1, -0.05) is 84.5 Å². The SMILES string of the molecule is C=C(/C=C/CCc1ccccc1)O[Si](C(C)C)(C(C)C)C(C)C. The van der Waals surface area contributed by atoms with Crippen LogP contribution in [0.5, 0.6) is 0 Å². The molecule has 0 fully saturated rings. The Bertz CT molecular complexity index is 478. The summed E-state index contributed by atoms with van der Waals surface area (Å²) in [4.78, 5) is 0. The number of benzene rings is 1. The van der Waals surface area contributed by atoms with Gasteiger partial charge < -0.3 is 4.43 Å². The van der Waals surface area contributed by atoms with Crippen LogP contribution in [0.15, 0.2) is 54.8 Å². The number of aryl methyl sites for hydroxylation is 1. The van der Waals surface area contributed by atoms with Crippen molar-refractivity contribution < 1.29 is 4.43 Å². The van der Waals surface area contributed by atoms with E-state index in [2.05, 4.69) is 90.6 Å². The Morgan fingerprint density at radius 1 is 1.00 bits per heavy atom. The summed E-state index contributed by atoms with van der Waals surface area (Å²) < 4.78 is 6.53. The molecule has 23 heavy (non-hydrogen) atoms. The van der Waals surface area contributed by atoms with E-state index in [-0.39, 0.29) is 0 Å². The summed E-state index contributed by atoms with van der Waals surface area (Å²) in [6.07, 6.45) is 6.34. The fourth-order valence-corrected chi connectivity index (χ4v) is 8.95. The van der Waals surface area contributed by atoms with Crippen molar-refractivity contribution in [2.45, 2.75) is 71.0 Å². The summed E-state index contributed by atoms with van der Waals surface area (Å²) in [6.45, 7) is 18.0. The van der Waals surface area contributed by atoms with Gasteiger partial charge in [-0.2, -0.15) is 0 Å². The third kappa shape index (κ3) is 5.38. The molecule has 0 unspecified atom stereocenters. The molecule has 1 nitrogen and oxygen atoms in total. The molecule has 1 rings (SSSR count). The van der Waals surface area contributed by atoms with E-state index in [0.29, 0.717) is 16.6 Å². The number of hydrogen-bond acceptors (Lipinski definition) is 1. The van der Waals surface area contributed by atoms with E-state index in [1.807, 2.05) is 0 Å². The van der Waals surface area contributed by atoms with Gasteiger partial charge in [0, 0.05) is 0 Å². The van der Waals surface area contributed by atoms with E-state index in [4.69, 9.17) is 4.43 Å². The van der Waals surface area contributed by atoms with Gasteiger partial charge in [-0.25, -0.2) is 0 Å². The van der Waals surface area contributed by atoms with E-state index in [1.165, 1.54) is 5.56 Å². The van der Waals surface area contributed by atoms with Crippen molar-refractivity contribution in [1.82, 2.24) is 0 Å². The molecule has 1 aromatic rings. The zero-order valence-corrected chi connectivity index (χ0v) is 16.8. The zero-order valence-electron chi connectivity index (χ0n) is 15.8. The minimum Gasteiger partial charge on any atom is -0.543 e. The predicted molar refractivity (Wildman–Crippen MR) is 105 cm³/mol. The molecule has 0 saturated carbocycles. The Morgan fingerprint density at radius 3 is 2.00 bits per heavy atom. The summed E-state index contributed by atoms with van der Waals surface area (Å²) in [5, 5.41) is 0. The lowest BCUT2D eigenvalue weighted by Crippen LogP contribution is -2.47. The van der Waals surface area contributed by atoms with E-state index < -0.39 is 8.32 Å². The number of allylic oxidation sites excluding steroid dienone is 2. The smallest absolute Gasteiger partial charge is 0.258 e. The molecule has 0 bridgehead atoms. The first kappa shape index (κ1) is 19.8. The Kier molecular flexibility index (Phi) is 7.84. The lowest BCUT2D eigenvalue weighted by molar-refractivity contribution is 0.388. The molecule has 0 aliphatic heterocycles. The molecule has 0 aromatic heterocycles. The molecule has 0 amide bonds. The third-order valence-corrected chi connectivity index (χ3v) is 10.8. The largest absolute Gasteiger partial charge is 0.543 e. The lowest BCUT2D eigenvalue weighted by Gasteiger charge is -2.42. The molecule has 0 atom stereocenters. The first-order valence-electron chi connectivity index (χ1n) is 8.89. The molecule has 1 aromatic carbocycles. The van der Waals surface area contributed by atoms with Gasteiger partial charge >= 0.3 is 0 Å². The van der Waals surface area contributed by atoms with Crippen LogP contribution < -0.4 is 0 Å². The molecule has 0 aliphatic carbocycles. The average molecular weight is 331 g/mol. The highest BCUT2D eigenvalue weighted by molar-refractivity contribution is 6.77. The number of hydrogen-bond donors (Lipinski definition) is 0. The molecule has 2 heteroatoms. The van der Waals surface area contributed by atoms with Crippen LogP contribution in [-0.2, 0) is 10.8 Å². The van der Waals surface area contributed by atoms with E-state index in [9.17, 15) is 0 Å². The van der Waals surface area contributed by atoms with Crippen LogP contribution >= 0.6 is 0 Å². The van der Waals surface area contributed by atoms with Crippen molar-refractivity contribution in [3.05, 3.63) is 60.4 Å². The maximum Gasteiger partial charge on any atom is 0.258 e. The molecule has 0 aliphatic rings. The van der Waals surface area contributed by atoms with Gasteiger partial charge in [0.1, 0.15) is 0 Å². The van der Waals surface area contributed by atoms with Gasteiger partial charge in [0.25, 0.3) is 8.32 Å². The van der Waals surface area contributed by atoms with Crippen molar-refractivity contribution >= 4 is 8.32 Å². The second-order valence-electron chi connectivity index (χ2n) is 7.31. The fourth-order valence-electron chi connectivity index (χ4n) is 3.72. The van der Waals surface area contributed by atoms with Gasteiger partial charge in [-0.15, -0.1) is 0 Å². The second kappa shape index (κ2) is 9.12. The van der Waals surface area contributed by atoms with E-state index in [0.717, 1.165) is 18.6 Å². The Morgan fingerprint density at radius 2 is 1.52 bits per heavy atom. The monoisotopic (exact) mass is 330 g/mol. The minimum absolute atomic E-state index is 0.581. The second-order valence-corrected chi connectivity index (χ2v) is 12.7. The zero-order chi connectivity index (χ0) is 17.5. The first-order chi connectivity index (χ1) is 10.8. The summed E-state index contributed by atoms with van der Waals surface area (Å²) in [5.41, 5.74) is 3.12. The van der Waals surface area contributed by atoms with Crippen molar-refractivity contribution in [2.75, 3.05) is 0 Å². The van der Waals surface area contributed by atoms with Crippen molar-refractivity contribution in [2.24, 2.45) is 0 Å². The van der Waals surface area contributed by atoms with Crippen LogP contribution in [0.25, 0.3) is 0 Å². The molecule has 0 saturated heterocycles. The lowest BCUT2D eigenvalue weighted by atomic mass is 10.1. The standard InChI is InChI=1S/C21H34OSi/c1-17(2)23(18(3)4,19(5)6)22-20(7)13-11-12-16-21-14-9-8-10-15-21/h8-11,13-15,17-19H,7,12,16H2,1-6H3/b13-11+. The van der Waals surface area contributed by atoms with Crippen molar-refractivity contribution in [1.29, 1.82) is 0 Å². The summed E-state index contributed by atoms with van der Waals surface area (Å²) >= 11 is 0. The summed E-state index contributed by atoms with van der Waals surface area (Å²) in [6, 6.07) is 10.6. The van der Waals surface area contributed by atoms with E-state index >= 15 is 0 Å². The number of rotatable bonds is 9. The quantitative estimate of drug-likeness (QED) is 0.272. The van der Waals surface area contributed by atoms with Gasteiger partial charge in [-0.3, -0.25) is 0 Å². The van der Waals surface area contributed by atoms with Gasteiger partial charge in [0.15, 0.2) is 0 Å². The molecule has 0 radical (unpaired) electrons. The van der Waals surface area contributed by atoms with Crippen molar-refractivity contribution in [3.63, 3.8) is 0 Å². The highest BCUT2D eigenvalue weighted by atomic mass is 28.4. The molecular weight excluding hydrogens is 296 g/mol. The van der Waals surface area contributed by atoms with Gasteiger partial charge in [0.2, 0.25) is 0 Å². The minimum atomic E-state index is -1.87. The van der Waals surface area contributed by atoms with E-state index in [1.54, 1.807) is 0 Å². The molecule has 0 spiro atoms. The summed E-state index contributed by atoms with van der Waals surface area (Å²) in [5.74, 6) is 0.834. The molecular formula is C21H34OSi. The third-order valence-electron chi connectivity index (χ3n) is 4.76. The normalized spacial score (nSPS) is 12.6. The summed E-state index contributed by atoms with van der Waals surface area (Å²) in [7, 11) is -1.87. The topological polar surface area (TPSA) is 9.23 Å². The van der Waals surface area contributed by atoms with Crippen LogP contribution in [0.3, 0.4) is 0 Å². The molecule has 128 valence electrons. The molecule has 0 N–H and O–H groups in total. The maximum atomic E-state index is 6.53. The maximum absolute atomic E-state index is 6.53. The Balaban J connectivity index is 2.64. The van der Waals surface area contributed by atoms with Crippen LogP contribution in [0.2, 0.25) is 16.6 Å². The Labute approximate surface area is 144 Å². The van der Waals surface area contributed by atoms with Gasteiger partial charge in [0.05, 0.1) is 5.76 Å². The first-order valence-corrected chi connectivity index (χ1v) is 11.0. The van der Waals surface area contributed by atoms with Crippen LogP contribution in [-0.4, -0.2) is 8.32 Å². The molecule has 0 heterocycles. The highest BCUT2D eigenvalue weighted by Gasteiger charge is 2.46. The van der Waals surface area contributed by atoms with Crippen LogP contribution in [0.1, 0.15) is 53.5 Å². The van der Waals surface area contributed by atoms with Gasteiger partial charge in [-0.05, 0) is 41.1 Å². The Hall–Kier alpha value is -1.28. The van der Waals surface area contributed by atoms with Crippen molar-refractivity contribution in [3.8, 4) is 0 Å². The fraction of sp³-hybridized carbons (Fsp3) is 0.524. The average Bonchev–Trinajstić information content (AvgIpc) is 2.49.